The van der Waals surface area contributed by atoms with Gasteiger partial charge in [-0.1, -0.05) is 61.6 Å². The Morgan fingerprint density at radius 2 is 1.62 bits per heavy atom. The molecular weight excluding hydrogens is 557 g/mol. The predicted octanol–water partition coefficient (Wildman–Crippen LogP) is 5.77. The van der Waals surface area contributed by atoms with Crippen molar-refractivity contribution in [2.24, 2.45) is 5.92 Å². The fourth-order valence-corrected chi connectivity index (χ4v) is 5.35. The second kappa shape index (κ2) is 14.2. The molecule has 0 aliphatic carbocycles. The third-order valence-electron chi connectivity index (χ3n) is 5.69. The number of carbonyl (C=O) groups is 2. The van der Waals surface area contributed by atoms with Crippen molar-refractivity contribution in [3.05, 3.63) is 63.1 Å². The van der Waals surface area contributed by atoms with E-state index in [2.05, 4.69) is 5.32 Å². The summed E-state index contributed by atoms with van der Waals surface area (Å²) in [5, 5.41) is 4.27. The van der Waals surface area contributed by atoms with E-state index >= 15 is 0 Å². The maximum Gasteiger partial charge on any atom is 0.242 e. The smallest absolute Gasteiger partial charge is 0.242 e. The number of sulfonamides is 1. The van der Waals surface area contributed by atoms with Gasteiger partial charge in [0.2, 0.25) is 21.8 Å². The summed E-state index contributed by atoms with van der Waals surface area (Å²) in [7, 11) is -3.59. The second-order valence-electron chi connectivity index (χ2n) is 9.24. The van der Waals surface area contributed by atoms with E-state index in [1.807, 2.05) is 20.8 Å². The molecule has 0 radical (unpaired) electrons. The minimum absolute atomic E-state index is 0.0405. The Hall–Kier alpha value is -2.00. The lowest BCUT2D eigenvalue weighted by Crippen LogP contribution is -2.49. The summed E-state index contributed by atoms with van der Waals surface area (Å²) >= 11 is 18.3. The molecule has 0 aromatic heterocycles. The van der Waals surface area contributed by atoms with Crippen molar-refractivity contribution in [3.63, 3.8) is 0 Å². The van der Waals surface area contributed by atoms with Crippen LogP contribution in [0.5, 0.6) is 0 Å². The van der Waals surface area contributed by atoms with Crippen LogP contribution in [-0.2, 0) is 26.2 Å². The first kappa shape index (κ1) is 31.2. The Labute approximate surface area is 235 Å². The summed E-state index contributed by atoms with van der Waals surface area (Å²) in [6, 6.07) is 10.8. The number of benzene rings is 2. The van der Waals surface area contributed by atoms with Crippen molar-refractivity contribution < 1.29 is 18.0 Å². The maximum absolute atomic E-state index is 13.5. The van der Waals surface area contributed by atoms with Gasteiger partial charge < -0.3 is 10.2 Å². The van der Waals surface area contributed by atoms with Crippen LogP contribution in [0, 0.1) is 5.92 Å². The van der Waals surface area contributed by atoms with Crippen LogP contribution in [0.2, 0.25) is 15.1 Å². The molecule has 11 heteroatoms. The molecule has 0 spiro atoms. The fourth-order valence-electron chi connectivity index (χ4n) is 3.79. The largest absolute Gasteiger partial charge is 0.354 e. The van der Waals surface area contributed by atoms with Crippen molar-refractivity contribution in [1.82, 2.24) is 10.2 Å². The van der Waals surface area contributed by atoms with Gasteiger partial charge in [0.05, 0.1) is 11.9 Å². The number of amides is 2. The van der Waals surface area contributed by atoms with Crippen LogP contribution in [0.15, 0.2) is 42.5 Å². The standard InChI is InChI=1S/C26H34Cl3N3O4S/c1-5-24(26(34)30-16-18(2)3)31(17-19-8-9-21(28)15-23(19)29)25(33)7-6-14-32(37(4,35)36)22-12-10-20(27)11-13-22/h8-13,15,18,24H,5-7,14,16-17H2,1-4H3,(H,30,34). The highest BCUT2D eigenvalue weighted by molar-refractivity contribution is 7.92. The van der Waals surface area contributed by atoms with E-state index < -0.39 is 16.1 Å². The average molecular weight is 591 g/mol. The average Bonchev–Trinajstić information content (AvgIpc) is 2.81. The molecule has 7 nitrogen and oxygen atoms in total. The molecule has 204 valence electrons. The highest BCUT2D eigenvalue weighted by Crippen LogP contribution is 2.25. The summed E-state index contributed by atoms with van der Waals surface area (Å²) in [5.74, 6) is -0.262. The molecule has 1 atom stereocenters. The molecule has 0 bridgehead atoms. The first-order valence-electron chi connectivity index (χ1n) is 12.1. The normalized spacial score (nSPS) is 12.3. The van der Waals surface area contributed by atoms with E-state index in [4.69, 9.17) is 34.8 Å². The van der Waals surface area contributed by atoms with E-state index in [9.17, 15) is 18.0 Å². The van der Waals surface area contributed by atoms with Gasteiger partial charge in [0.25, 0.3) is 0 Å². The van der Waals surface area contributed by atoms with Gasteiger partial charge in [-0.2, -0.15) is 0 Å². The van der Waals surface area contributed by atoms with Gasteiger partial charge in [-0.05, 0) is 60.7 Å². The lowest BCUT2D eigenvalue weighted by molar-refractivity contribution is -0.141. The molecule has 0 aliphatic rings. The first-order valence-corrected chi connectivity index (χ1v) is 15.1. The zero-order valence-corrected chi connectivity index (χ0v) is 24.6. The topological polar surface area (TPSA) is 86.8 Å². The predicted molar refractivity (Wildman–Crippen MR) is 152 cm³/mol. The molecule has 2 rings (SSSR count). The number of nitrogens with zero attached hydrogens (tertiary/aromatic N) is 2. The molecule has 0 fully saturated rings. The van der Waals surface area contributed by atoms with E-state index in [0.717, 1.165) is 6.26 Å². The van der Waals surface area contributed by atoms with Gasteiger partial charge in [0.15, 0.2) is 0 Å². The lowest BCUT2D eigenvalue weighted by Gasteiger charge is -2.31. The van der Waals surface area contributed by atoms with Gasteiger partial charge in [-0.25, -0.2) is 8.42 Å². The minimum atomic E-state index is -3.59. The monoisotopic (exact) mass is 589 g/mol. The maximum atomic E-state index is 13.5. The van der Waals surface area contributed by atoms with Gasteiger partial charge >= 0.3 is 0 Å². The molecule has 2 amide bonds. The van der Waals surface area contributed by atoms with Crippen molar-refractivity contribution in [3.8, 4) is 0 Å². The molecule has 0 saturated heterocycles. The van der Waals surface area contributed by atoms with Crippen molar-refractivity contribution in [1.29, 1.82) is 0 Å². The van der Waals surface area contributed by atoms with Gasteiger partial charge in [0.1, 0.15) is 6.04 Å². The number of anilines is 1. The number of hydrogen-bond acceptors (Lipinski definition) is 4. The van der Waals surface area contributed by atoms with E-state index in [-0.39, 0.29) is 43.7 Å². The molecule has 0 aliphatic heterocycles. The third-order valence-corrected chi connectivity index (χ3v) is 7.73. The Morgan fingerprint density at radius 3 is 2.16 bits per heavy atom. The minimum Gasteiger partial charge on any atom is -0.354 e. The molecule has 2 aromatic rings. The molecule has 1 N–H and O–H groups in total. The van der Waals surface area contributed by atoms with Gasteiger partial charge in [0, 0.05) is 41.1 Å². The SMILES string of the molecule is CCC(C(=O)NCC(C)C)N(Cc1ccc(Cl)cc1Cl)C(=O)CCCN(c1ccc(Cl)cc1)S(C)(=O)=O. The van der Waals surface area contributed by atoms with Crippen molar-refractivity contribution >= 4 is 62.3 Å². The Bertz CT molecular complexity index is 1170. The highest BCUT2D eigenvalue weighted by Gasteiger charge is 2.29. The molecule has 2 aromatic carbocycles. The quantitative estimate of drug-likeness (QED) is 0.321. The van der Waals surface area contributed by atoms with E-state index in [1.165, 1.54) is 9.21 Å². The van der Waals surface area contributed by atoms with E-state index in [1.54, 1.807) is 42.5 Å². The van der Waals surface area contributed by atoms with Crippen molar-refractivity contribution in [2.75, 3.05) is 23.7 Å². The Kier molecular flexibility index (Phi) is 12.0. The molecule has 1 unspecified atom stereocenters. The van der Waals surface area contributed by atoms with Gasteiger partial charge in [-0.3, -0.25) is 13.9 Å². The molecule has 37 heavy (non-hydrogen) atoms. The Balaban J connectivity index is 2.24. The number of carbonyl (C=O) groups excluding carboxylic acids is 2. The van der Waals surface area contributed by atoms with Crippen LogP contribution in [0.4, 0.5) is 5.69 Å². The van der Waals surface area contributed by atoms with Crippen LogP contribution >= 0.6 is 34.8 Å². The number of nitrogens with one attached hydrogen (secondary N) is 1. The van der Waals surface area contributed by atoms with Crippen LogP contribution in [-0.4, -0.2) is 50.5 Å². The van der Waals surface area contributed by atoms with E-state index in [0.29, 0.717) is 39.3 Å². The summed E-state index contributed by atoms with van der Waals surface area (Å²) in [6.45, 7) is 6.53. The zero-order valence-electron chi connectivity index (χ0n) is 21.5. The van der Waals surface area contributed by atoms with Crippen molar-refractivity contribution in [2.45, 2.75) is 52.6 Å². The summed E-state index contributed by atoms with van der Waals surface area (Å²) in [4.78, 5) is 28.0. The first-order chi connectivity index (χ1) is 17.3. The highest BCUT2D eigenvalue weighted by atomic mass is 35.5. The van der Waals surface area contributed by atoms with Crippen LogP contribution in [0.3, 0.4) is 0 Å². The number of rotatable bonds is 13. The van der Waals surface area contributed by atoms with Crippen LogP contribution in [0.25, 0.3) is 0 Å². The van der Waals surface area contributed by atoms with Gasteiger partial charge in [-0.15, -0.1) is 0 Å². The third kappa shape index (κ3) is 9.67. The molecular formula is C26H34Cl3N3O4S. The second-order valence-corrected chi connectivity index (χ2v) is 12.4. The summed E-state index contributed by atoms with van der Waals surface area (Å²) < 4.78 is 26.1. The molecule has 0 heterocycles. The molecule has 0 saturated carbocycles. The van der Waals surface area contributed by atoms with Crippen LogP contribution in [0.1, 0.15) is 45.6 Å². The fraction of sp³-hybridized carbons (Fsp3) is 0.462. The lowest BCUT2D eigenvalue weighted by atomic mass is 10.1. The zero-order chi connectivity index (χ0) is 27.8. The summed E-state index contributed by atoms with van der Waals surface area (Å²) in [5.41, 5.74) is 1.12. The number of hydrogen-bond donors (Lipinski definition) is 1. The number of halogens is 3. The summed E-state index contributed by atoms with van der Waals surface area (Å²) in [6.07, 6.45) is 1.81. The van der Waals surface area contributed by atoms with Crippen LogP contribution < -0.4 is 9.62 Å². The Morgan fingerprint density at radius 1 is 1.00 bits per heavy atom.